The van der Waals surface area contributed by atoms with Gasteiger partial charge in [0.15, 0.2) is 0 Å². The molecule has 7 heteroatoms. The number of carbonyl (C=O) groups excluding carboxylic acids is 1. The zero-order chi connectivity index (χ0) is 19.5. The Labute approximate surface area is 166 Å². The number of esters is 1. The van der Waals surface area contributed by atoms with Crippen molar-refractivity contribution in [2.45, 2.75) is 13.5 Å². The lowest BCUT2D eigenvalue weighted by Gasteiger charge is -2.07. The van der Waals surface area contributed by atoms with E-state index >= 15 is 0 Å². The molecule has 0 aliphatic heterocycles. The Hall–Kier alpha value is -3.38. The molecule has 0 spiro atoms. The molecule has 0 aliphatic carbocycles. The minimum Gasteiger partial charge on any atom is -0.457 e. The largest absolute Gasteiger partial charge is 0.457 e. The quantitative estimate of drug-likeness (QED) is 0.473. The number of halogens is 1. The highest BCUT2D eigenvalue weighted by Crippen LogP contribution is 2.24. The van der Waals surface area contributed by atoms with E-state index in [1.54, 1.807) is 17.8 Å². The van der Waals surface area contributed by atoms with E-state index in [0.29, 0.717) is 5.69 Å². The third kappa shape index (κ3) is 3.54. The maximum absolute atomic E-state index is 12.6. The molecule has 140 valence electrons. The van der Waals surface area contributed by atoms with Crippen molar-refractivity contribution in [3.05, 3.63) is 95.0 Å². The smallest absolute Gasteiger partial charge is 0.343 e. The summed E-state index contributed by atoms with van der Waals surface area (Å²) in [6.45, 7) is 1.88. The maximum Gasteiger partial charge on any atom is 0.343 e. The highest BCUT2D eigenvalue weighted by Gasteiger charge is 2.22. The second kappa shape index (κ2) is 7.70. The Kier molecular flexibility index (Phi) is 4.95. The van der Waals surface area contributed by atoms with Crippen LogP contribution in [0.5, 0.6) is 0 Å². The van der Waals surface area contributed by atoms with Gasteiger partial charge < -0.3 is 4.74 Å². The molecular formula is C21H17ClN4O2. The Morgan fingerprint density at radius 2 is 1.79 bits per heavy atom. The summed E-state index contributed by atoms with van der Waals surface area (Å²) in [5.41, 5.74) is 3.38. The van der Waals surface area contributed by atoms with Crippen LogP contribution in [0.15, 0.2) is 73.1 Å². The topological polar surface area (TPSA) is 61.9 Å². The van der Waals surface area contributed by atoms with Crippen LogP contribution in [0.25, 0.3) is 11.4 Å². The number of nitrogens with zero attached hydrogens (tertiary/aromatic N) is 4. The molecule has 0 saturated heterocycles. The molecule has 6 nitrogen and oxygen atoms in total. The van der Waals surface area contributed by atoms with Crippen molar-refractivity contribution in [1.82, 2.24) is 19.6 Å². The van der Waals surface area contributed by atoms with Gasteiger partial charge in [0.2, 0.25) is 0 Å². The summed E-state index contributed by atoms with van der Waals surface area (Å²) in [7, 11) is 0. The van der Waals surface area contributed by atoms with Crippen LogP contribution < -0.4 is 0 Å². The molecule has 4 aromatic rings. The van der Waals surface area contributed by atoms with E-state index in [1.165, 1.54) is 4.68 Å². The van der Waals surface area contributed by atoms with Crippen LogP contribution in [0.4, 0.5) is 0 Å². The van der Waals surface area contributed by atoms with E-state index in [-0.39, 0.29) is 17.3 Å². The fraction of sp³-hybridized carbons (Fsp3) is 0.0952. The molecule has 4 rings (SSSR count). The van der Waals surface area contributed by atoms with Gasteiger partial charge in [-0.3, -0.25) is 0 Å². The first-order valence-electron chi connectivity index (χ1n) is 8.70. The highest BCUT2D eigenvalue weighted by atomic mass is 35.5. The van der Waals surface area contributed by atoms with Crippen molar-refractivity contribution in [3.63, 3.8) is 0 Å². The molecule has 0 radical (unpaired) electrons. The van der Waals surface area contributed by atoms with E-state index in [4.69, 9.17) is 16.3 Å². The molecule has 0 aliphatic rings. The average molecular weight is 393 g/mol. The van der Waals surface area contributed by atoms with Crippen LogP contribution in [0, 0.1) is 6.92 Å². The standard InChI is InChI=1S/C21H17ClN4O2/c1-15-19(20(22)26(24-15)18-6-3-2-4-7-18)21(27)28-14-16-8-10-17(11-9-16)25-13-5-12-23-25/h2-13H,14H2,1H3. The minimum absolute atomic E-state index is 0.143. The molecule has 0 bridgehead atoms. The Balaban J connectivity index is 1.48. The van der Waals surface area contributed by atoms with Crippen molar-refractivity contribution < 1.29 is 9.53 Å². The summed E-state index contributed by atoms with van der Waals surface area (Å²) in [5, 5.41) is 8.79. The molecule has 0 atom stereocenters. The molecule has 28 heavy (non-hydrogen) atoms. The molecule has 0 unspecified atom stereocenters. The van der Waals surface area contributed by atoms with Crippen LogP contribution in [0.3, 0.4) is 0 Å². The number of rotatable bonds is 5. The molecule has 0 N–H and O–H groups in total. The van der Waals surface area contributed by atoms with E-state index in [0.717, 1.165) is 16.9 Å². The van der Waals surface area contributed by atoms with Gasteiger partial charge in [-0.25, -0.2) is 14.2 Å². The zero-order valence-electron chi connectivity index (χ0n) is 15.1. The molecule has 0 amide bonds. The summed E-state index contributed by atoms with van der Waals surface area (Å²) in [5.74, 6) is -0.499. The van der Waals surface area contributed by atoms with Crippen molar-refractivity contribution in [1.29, 1.82) is 0 Å². The van der Waals surface area contributed by atoms with E-state index in [9.17, 15) is 4.79 Å². The predicted octanol–water partition coefficient (Wildman–Crippen LogP) is 4.38. The summed E-state index contributed by atoms with van der Waals surface area (Å²) < 4.78 is 8.75. The van der Waals surface area contributed by atoms with Crippen molar-refractivity contribution in [2.24, 2.45) is 0 Å². The monoisotopic (exact) mass is 392 g/mol. The lowest BCUT2D eigenvalue weighted by atomic mass is 10.2. The van der Waals surface area contributed by atoms with Crippen LogP contribution in [-0.4, -0.2) is 25.5 Å². The summed E-state index contributed by atoms with van der Waals surface area (Å²) >= 11 is 6.41. The normalized spacial score (nSPS) is 10.8. The van der Waals surface area contributed by atoms with E-state index < -0.39 is 5.97 Å². The minimum atomic E-state index is -0.499. The number of ether oxygens (including phenoxy) is 1. The maximum atomic E-state index is 12.6. The summed E-state index contributed by atoms with van der Waals surface area (Å²) in [6, 6.07) is 18.9. The molecule has 2 aromatic carbocycles. The third-order valence-corrected chi connectivity index (χ3v) is 4.63. The molecule has 0 fully saturated rings. The van der Waals surface area contributed by atoms with Crippen LogP contribution in [0.2, 0.25) is 5.15 Å². The van der Waals surface area contributed by atoms with Gasteiger partial charge in [-0.15, -0.1) is 0 Å². The first-order chi connectivity index (χ1) is 13.6. The van der Waals surface area contributed by atoms with Crippen LogP contribution >= 0.6 is 11.6 Å². The van der Waals surface area contributed by atoms with Crippen molar-refractivity contribution in [3.8, 4) is 11.4 Å². The van der Waals surface area contributed by atoms with E-state index in [2.05, 4.69) is 10.2 Å². The van der Waals surface area contributed by atoms with Gasteiger partial charge in [0.1, 0.15) is 17.3 Å². The van der Waals surface area contributed by atoms with Crippen LogP contribution in [-0.2, 0) is 11.3 Å². The fourth-order valence-corrected chi connectivity index (χ4v) is 3.21. The predicted molar refractivity (Wildman–Crippen MR) is 106 cm³/mol. The highest BCUT2D eigenvalue weighted by molar-refractivity contribution is 6.33. The van der Waals surface area contributed by atoms with Gasteiger partial charge in [0, 0.05) is 12.4 Å². The first-order valence-corrected chi connectivity index (χ1v) is 9.08. The van der Waals surface area contributed by atoms with E-state index in [1.807, 2.05) is 66.9 Å². The first kappa shape index (κ1) is 18.0. The number of benzene rings is 2. The Morgan fingerprint density at radius 3 is 2.46 bits per heavy atom. The number of hydrogen-bond acceptors (Lipinski definition) is 4. The fourth-order valence-electron chi connectivity index (χ4n) is 2.86. The van der Waals surface area contributed by atoms with Gasteiger partial charge in [0.25, 0.3) is 0 Å². The average Bonchev–Trinajstić information content (AvgIpc) is 3.35. The third-order valence-electron chi connectivity index (χ3n) is 4.28. The van der Waals surface area contributed by atoms with Gasteiger partial charge >= 0.3 is 5.97 Å². The molecule has 0 saturated carbocycles. The summed E-state index contributed by atoms with van der Waals surface area (Å²) in [4.78, 5) is 12.6. The molecule has 2 heterocycles. The van der Waals surface area contributed by atoms with Crippen molar-refractivity contribution in [2.75, 3.05) is 0 Å². The zero-order valence-corrected chi connectivity index (χ0v) is 15.9. The van der Waals surface area contributed by atoms with Crippen molar-refractivity contribution >= 4 is 17.6 Å². The lowest BCUT2D eigenvalue weighted by Crippen LogP contribution is -2.07. The number of hydrogen-bond donors (Lipinski definition) is 0. The number of aryl methyl sites for hydroxylation is 1. The number of carbonyl (C=O) groups is 1. The Morgan fingerprint density at radius 1 is 1.04 bits per heavy atom. The second-order valence-corrected chi connectivity index (χ2v) is 6.55. The summed E-state index contributed by atoms with van der Waals surface area (Å²) in [6.07, 6.45) is 3.58. The van der Waals surface area contributed by atoms with Gasteiger partial charge in [-0.1, -0.05) is 41.9 Å². The molecule has 2 aromatic heterocycles. The lowest BCUT2D eigenvalue weighted by molar-refractivity contribution is 0.0472. The van der Waals surface area contributed by atoms with Crippen LogP contribution in [0.1, 0.15) is 21.6 Å². The Bertz CT molecular complexity index is 1090. The second-order valence-electron chi connectivity index (χ2n) is 6.19. The number of aromatic nitrogens is 4. The van der Waals surface area contributed by atoms with Gasteiger partial charge in [0.05, 0.1) is 17.1 Å². The number of para-hydroxylation sites is 1. The van der Waals surface area contributed by atoms with Gasteiger partial charge in [-0.05, 0) is 42.8 Å². The van der Waals surface area contributed by atoms with Gasteiger partial charge in [-0.2, -0.15) is 10.2 Å². The SMILES string of the molecule is Cc1nn(-c2ccccc2)c(Cl)c1C(=O)OCc1ccc(-n2cccn2)cc1. The molecular weight excluding hydrogens is 376 g/mol.